The molecule has 3 rings (SSSR count). The molecule has 2 heterocycles. The number of ether oxygens (including phenoxy) is 2. The average Bonchev–Trinajstić information content (AvgIpc) is 2.93. The van der Waals surface area contributed by atoms with Gasteiger partial charge < -0.3 is 29.3 Å². The minimum atomic E-state index is -0.419. The highest BCUT2D eigenvalue weighted by Gasteiger charge is 2.31. The summed E-state index contributed by atoms with van der Waals surface area (Å²) in [6.45, 7) is 6.97. The largest absolute Gasteiger partial charge is 0.490 e. The van der Waals surface area contributed by atoms with Gasteiger partial charge in [0, 0.05) is 70.4 Å². The molecule has 9 nitrogen and oxygen atoms in total. The Balaban J connectivity index is 1.93. The van der Waals surface area contributed by atoms with Crippen LogP contribution in [0.15, 0.2) is 42.7 Å². The van der Waals surface area contributed by atoms with Crippen molar-refractivity contribution >= 4 is 17.5 Å². The third-order valence-electron chi connectivity index (χ3n) is 7.28. The summed E-state index contributed by atoms with van der Waals surface area (Å²) in [6.07, 6.45) is 5.43. The Labute approximate surface area is 232 Å². The van der Waals surface area contributed by atoms with Crippen molar-refractivity contribution in [2.45, 2.75) is 58.3 Å². The maximum Gasteiger partial charge on any atom is 0.258 e. The molecule has 4 atom stereocenters. The second-order valence-electron chi connectivity index (χ2n) is 10.8. The predicted octanol–water partition coefficient (Wildman–Crippen LogP) is 3.72. The highest BCUT2D eigenvalue weighted by atomic mass is 16.5. The highest BCUT2D eigenvalue weighted by molar-refractivity contribution is 5.98. The lowest BCUT2D eigenvalue weighted by atomic mass is 10.0. The molecule has 0 bridgehead atoms. The van der Waals surface area contributed by atoms with E-state index in [1.165, 1.54) is 0 Å². The maximum absolute atomic E-state index is 14.1. The third-order valence-corrected chi connectivity index (χ3v) is 7.28. The Kier molecular flexibility index (Phi) is 11.1. The van der Waals surface area contributed by atoms with Crippen LogP contribution >= 0.6 is 0 Å². The fourth-order valence-corrected chi connectivity index (χ4v) is 4.72. The van der Waals surface area contributed by atoms with Gasteiger partial charge in [0.25, 0.3) is 11.8 Å². The van der Waals surface area contributed by atoms with Gasteiger partial charge >= 0.3 is 0 Å². The maximum atomic E-state index is 14.1. The van der Waals surface area contributed by atoms with E-state index in [9.17, 15) is 14.7 Å². The van der Waals surface area contributed by atoms with Crippen molar-refractivity contribution in [3.8, 4) is 5.75 Å². The van der Waals surface area contributed by atoms with E-state index < -0.39 is 6.04 Å². The SMILES string of the molecule is C[C@@H]1CN([C@@H](C)CO)C(=O)c2cc(N(C)C)ccc2O[C@@H](C)CCCCO[C@H]1CN(C)C(=O)c1ccncc1. The summed E-state index contributed by atoms with van der Waals surface area (Å²) in [7, 11) is 5.63. The third kappa shape index (κ3) is 8.16. The molecule has 0 aliphatic carbocycles. The smallest absolute Gasteiger partial charge is 0.258 e. The van der Waals surface area contributed by atoms with Gasteiger partial charge in [0.05, 0.1) is 30.4 Å². The summed E-state index contributed by atoms with van der Waals surface area (Å²) in [5, 5.41) is 10.1. The number of hydrogen-bond acceptors (Lipinski definition) is 7. The number of anilines is 1. The van der Waals surface area contributed by atoms with Crippen LogP contribution in [0.5, 0.6) is 5.75 Å². The Morgan fingerprint density at radius 2 is 1.87 bits per heavy atom. The Bertz CT molecular complexity index is 1080. The molecular formula is C30H44N4O5. The first kappa shape index (κ1) is 30.4. The first-order valence-electron chi connectivity index (χ1n) is 13.8. The quantitative estimate of drug-likeness (QED) is 0.597. The zero-order valence-corrected chi connectivity index (χ0v) is 24.2. The second kappa shape index (κ2) is 14.3. The van der Waals surface area contributed by atoms with Gasteiger partial charge in [0.1, 0.15) is 5.75 Å². The van der Waals surface area contributed by atoms with Crippen LogP contribution in [0.4, 0.5) is 5.69 Å². The molecule has 1 aromatic carbocycles. The number of benzene rings is 1. The van der Waals surface area contributed by atoms with E-state index >= 15 is 0 Å². The summed E-state index contributed by atoms with van der Waals surface area (Å²) in [5.74, 6) is 0.124. The van der Waals surface area contributed by atoms with Crippen LogP contribution in [-0.2, 0) is 4.74 Å². The number of hydrogen-bond donors (Lipinski definition) is 1. The van der Waals surface area contributed by atoms with Gasteiger partial charge in [-0.25, -0.2) is 0 Å². The summed E-state index contributed by atoms with van der Waals surface area (Å²) >= 11 is 0. The van der Waals surface area contributed by atoms with E-state index in [0.717, 1.165) is 24.9 Å². The van der Waals surface area contributed by atoms with Gasteiger partial charge in [-0.1, -0.05) is 6.92 Å². The van der Waals surface area contributed by atoms with Gasteiger partial charge in [0.2, 0.25) is 0 Å². The molecule has 0 spiro atoms. The lowest BCUT2D eigenvalue weighted by Crippen LogP contribution is -2.48. The Morgan fingerprint density at radius 1 is 1.15 bits per heavy atom. The van der Waals surface area contributed by atoms with Crippen molar-refractivity contribution in [1.29, 1.82) is 0 Å². The van der Waals surface area contributed by atoms with Crippen molar-refractivity contribution in [3.05, 3.63) is 53.9 Å². The predicted molar refractivity (Wildman–Crippen MR) is 152 cm³/mol. The Morgan fingerprint density at radius 3 is 2.54 bits per heavy atom. The molecule has 0 saturated carbocycles. The van der Waals surface area contributed by atoms with Crippen molar-refractivity contribution < 1.29 is 24.2 Å². The molecule has 0 saturated heterocycles. The van der Waals surface area contributed by atoms with Gasteiger partial charge in [0.15, 0.2) is 0 Å². The molecule has 1 aliphatic rings. The standard InChI is InChI=1S/C30H44N4O5/c1-21-18-34(22(2)20-35)30(37)26-17-25(32(4)5)10-11-27(26)39-23(3)9-7-8-16-38-28(21)19-33(6)29(36)24-12-14-31-15-13-24/h10-15,17,21-23,28,35H,7-9,16,18-20H2,1-6H3/t21-,22+,23+,28+/m1/s1. The number of carbonyl (C=O) groups excluding carboxylic acids is 2. The summed E-state index contributed by atoms with van der Waals surface area (Å²) in [6, 6.07) is 8.64. The summed E-state index contributed by atoms with van der Waals surface area (Å²) < 4.78 is 12.6. The number of pyridine rings is 1. The van der Waals surface area contributed by atoms with Gasteiger partial charge in [-0.05, 0) is 63.4 Å². The van der Waals surface area contributed by atoms with Crippen molar-refractivity contribution in [2.24, 2.45) is 5.92 Å². The van der Waals surface area contributed by atoms with E-state index in [4.69, 9.17) is 9.47 Å². The van der Waals surface area contributed by atoms with E-state index in [2.05, 4.69) is 4.98 Å². The van der Waals surface area contributed by atoms with Crippen LogP contribution in [0, 0.1) is 5.92 Å². The van der Waals surface area contributed by atoms with Crippen molar-refractivity contribution in [3.63, 3.8) is 0 Å². The van der Waals surface area contributed by atoms with Crippen molar-refractivity contribution in [2.75, 3.05) is 52.3 Å². The van der Waals surface area contributed by atoms with Gasteiger partial charge in [-0.3, -0.25) is 14.6 Å². The molecule has 1 aromatic heterocycles. The molecule has 2 aromatic rings. The monoisotopic (exact) mass is 540 g/mol. The molecular weight excluding hydrogens is 496 g/mol. The van der Waals surface area contributed by atoms with Crippen LogP contribution < -0.4 is 9.64 Å². The van der Waals surface area contributed by atoms with Crippen molar-refractivity contribution in [1.82, 2.24) is 14.8 Å². The number of aliphatic hydroxyl groups excluding tert-OH is 1. The molecule has 9 heteroatoms. The van der Waals surface area contributed by atoms with Crippen LogP contribution in [0.25, 0.3) is 0 Å². The minimum Gasteiger partial charge on any atom is -0.490 e. The number of rotatable bonds is 6. The number of amides is 2. The van der Waals surface area contributed by atoms with Gasteiger partial charge in [-0.15, -0.1) is 0 Å². The number of likely N-dealkylation sites (N-methyl/N-ethyl adjacent to an activating group) is 1. The van der Waals surface area contributed by atoms with Crippen LogP contribution in [0.1, 0.15) is 60.7 Å². The molecule has 2 amide bonds. The van der Waals surface area contributed by atoms with Crippen LogP contribution in [0.3, 0.4) is 0 Å². The molecule has 39 heavy (non-hydrogen) atoms. The van der Waals surface area contributed by atoms with Crippen LogP contribution in [0.2, 0.25) is 0 Å². The zero-order valence-electron chi connectivity index (χ0n) is 24.2. The fourth-order valence-electron chi connectivity index (χ4n) is 4.72. The highest BCUT2D eigenvalue weighted by Crippen LogP contribution is 2.29. The van der Waals surface area contributed by atoms with Gasteiger partial charge in [-0.2, -0.15) is 0 Å². The number of aromatic nitrogens is 1. The van der Waals surface area contributed by atoms with E-state index in [1.54, 1.807) is 41.4 Å². The number of nitrogens with zero attached hydrogens (tertiary/aromatic N) is 4. The minimum absolute atomic E-state index is 0.0766. The molecule has 214 valence electrons. The Hall–Kier alpha value is -3.17. The topological polar surface area (TPSA) is 95.4 Å². The van der Waals surface area contributed by atoms with Crippen LogP contribution in [-0.4, -0.2) is 97.4 Å². The first-order valence-corrected chi connectivity index (χ1v) is 13.8. The molecule has 0 radical (unpaired) electrons. The zero-order chi connectivity index (χ0) is 28.5. The lowest BCUT2D eigenvalue weighted by molar-refractivity contribution is -0.0149. The molecule has 1 aliphatic heterocycles. The number of fused-ring (bicyclic) bond motifs is 1. The average molecular weight is 541 g/mol. The number of aliphatic hydroxyl groups is 1. The second-order valence-corrected chi connectivity index (χ2v) is 10.8. The van der Waals surface area contributed by atoms with E-state index in [0.29, 0.717) is 36.6 Å². The lowest BCUT2D eigenvalue weighted by Gasteiger charge is -2.36. The normalized spacial score (nSPS) is 21.8. The first-order chi connectivity index (χ1) is 18.6. The molecule has 1 N–H and O–H groups in total. The van der Waals surface area contributed by atoms with E-state index in [1.807, 2.05) is 58.0 Å². The summed E-state index contributed by atoms with van der Waals surface area (Å²) in [4.78, 5) is 36.4. The molecule has 0 fully saturated rings. The summed E-state index contributed by atoms with van der Waals surface area (Å²) in [5.41, 5.74) is 1.93. The molecule has 0 unspecified atom stereocenters. The number of carbonyl (C=O) groups is 2. The van der Waals surface area contributed by atoms with E-state index in [-0.39, 0.29) is 36.5 Å². The fraction of sp³-hybridized carbons (Fsp3) is 0.567.